The number of aliphatic hydroxyl groups is 1. The Balaban J connectivity index is 1.47. The number of unbranched alkanes of at least 4 members (excludes halogenated alkanes) is 1. The first kappa shape index (κ1) is 25.9. The maximum absolute atomic E-state index is 13.6. The molecule has 2 aliphatic rings. The van der Waals surface area contributed by atoms with Crippen molar-refractivity contribution in [2.24, 2.45) is 0 Å². The van der Waals surface area contributed by atoms with Gasteiger partial charge < -0.3 is 19.3 Å². The number of carbonyl (C=O) groups excluding carboxylic acids is 2. The number of hydrogen-bond donors (Lipinski definition) is 1. The Labute approximate surface area is 235 Å². The molecule has 0 unspecified atom stereocenters. The maximum Gasteiger partial charge on any atom is 0.301 e. The van der Waals surface area contributed by atoms with E-state index in [-0.39, 0.29) is 11.3 Å². The fourth-order valence-electron chi connectivity index (χ4n) is 4.89. The standard InChI is InChI=1S/C31H28N2O6S/c1-3-4-13-37-21-9-6-19(7-10-21)27-26(28(34)20-8-12-23-24(17-20)39-15-14-38-23)29(35)30(36)33(27)31-32-22-11-5-18(2)16-25(22)40-31/h5-12,16-17,27,34H,3-4,13-15H2,1-2H3/t27-/m0/s1. The molecule has 0 radical (unpaired) electrons. The van der Waals surface area contributed by atoms with E-state index in [1.807, 2.05) is 49.4 Å². The quantitative estimate of drug-likeness (QED) is 0.126. The minimum Gasteiger partial charge on any atom is -0.507 e. The summed E-state index contributed by atoms with van der Waals surface area (Å²) in [5.74, 6) is -0.0989. The van der Waals surface area contributed by atoms with Gasteiger partial charge in [-0.15, -0.1) is 0 Å². The molecule has 1 N–H and O–H groups in total. The third-order valence-corrected chi connectivity index (χ3v) is 7.98. The molecule has 1 aromatic heterocycles. The molecular formula is C31H28N2O6S. The predicted molar refractivity (Wildman–Crippen MR) is 153 cm³/mol. The summed E-state index contributed by atoms with van der Waals surface area (Å²) in [6.45, 7) is 5.50. The number of nitrogens with zero attached hydrogens (tertiary/aromatic N) is 2. The van der Waals surface area contributed by atoms with Crippen LogP contribution in [0.5, 0.6) is 17.2 Å². The first-order chi connectivity index (χ1) is 19.4. The van der Waals surface area contributed by atoms with Gasteiger partial charge >= 0.3 is 5.91 Å². The number of ketones is 1. The molecule has 3 heterocycles. The number of ether oxygens (including phenoxy) is 3. The van der Waals surface area contributed by atoms with Gasteiger partial charge in [0.2, 0.25) is 0 Å². The Morgan fingerprint density at radius 2 is 1.82 bits per heavy atom. The highest BCUT2D eigenvalue weighted by Gasteiger charge is 2.48. The van der Waals surface area contributed by atoms with Crippen LogP contribution in [0.3, 0.4) is 0 Å². The lowest BCUT2D eigenvalue weighted by molar-refractivity contribution is -0.132. The topological polar surface area (TPSA) is 98.2 Å². The number of anilines is 1. The van der Waals surface area contributed by atoms with Crippen molar-refractivity contribution in [3.05, 3.63) is 82.9 Å². The second-order valence-electron chi connectivity index (χ2n) is 9.77. The Bertz CT molecular complexity index is 1640. The lowest BCUT2D eigenvalue weighted by Gasteiger charge is -2.23. The maximum atomic E-state index is 13.6. The van der Waals surface area contributed by atoms with Crippen LogP contribution in [0.25, 0.3) is 16.0 Å². The van der Waals surface area contributed by atoms with Crippen LogP contribution in [0.15, 0.2) is 66.2 Å². The molecule has 9 heteroatoms. The molecule has 8 nitrogen and oxygen atoms in total. The number of benzene rings is 3. The summed E-state index contributed by atoms with van der Waals surface area (Å²) in [5.41, 5.74) is 2.79. The van der Waals surface area contributed by atoms with E-state index < -0.39 is 17.7 Å². The van der Waals surface area contributed by atoms with Gasteiger partial charge in [0, 0.05) is 5.56 Å². The third-order valence-electron chi connectivity index (χ3n) is 6.96. The van der Waals surface area contributed by atoms with E-state index >= 15 is 0 Å². The van der Waals surface area contributed by atoms with E-state index in [1.165, 1.54) is 16.2 Å². The molecule has 4 aromatic rings. The van der Waals surface area contributed by atoms with Crippen LogP contribution < -0.4 is 19.1 Å². The number of aromatic nitrogens is 1. The highest BCUT2D eigenvalue weighted by atomic mass is 32.1. The van der Waals surface area contributed by atoms with E-state index in [0.29, 0.717) is 53.3 Å². The molecule has 0 bridgehead atoms. The first-order valence-corrected chi connectivity index (χ1v) is 14.1. The van der Waals surface area contributed by atoms with E-state index in [2.05, 4.69) is 6.92 Å². The van der Waals surface area contributed by atoms with Crippen molar-refractivity contribution in [1.82, 2.24) is 4.98 Å². The van der Waals surface area contributed by atoms with E-state index in [0.717, 1.165) is 28.6 Å². The summed E-state index contributed by atoms with van der Waals surface area (Å²) in [7, 11) is 0. The summed E-state index contributed by atoms with van der Waals surface area (Å²) in [6.07, 6.45) is 1.96. The van der Waals surface area contributed by atoms with Gasteiger partial charge in [-0.3, -0.25) is 14.5 Å². The zero-order valence-electron chi connectivity index (χ0n) is 22.2. The molecule has 0 aliphatic carbocycles. The smallest absolute Gasteiger partial charge is 0.301 e. The Morgan fingerprint density at radius 3 is 2.60 bits per heavy atom. The van der Waals surface area contributed by atoms with Crippen molar-refractivity contribution in [3.8, 4) is 17.2 Å². The number of Topliss-reactive ketones (excluding diaryl/α,β-unsaturated/α-hetero) is 1. The molecule has 204 valence electrons. The van der Waals surface area contributed by atoms with E-state index in [4.69, 9.17) is 19.2 Å². The van der Waals surface area contributed by atoms with Gasteiger partial charge in [0.1, 0.15) is 24.7 Å². The highest BCUT2D eigenvalue weighted by Crippen LogP contribution is 2.45. The van der Waals surface area contributed by atoms with Crippen molar-refractivity contribution < 1.29 is 28.9 Å². The molecule has 1 atom stereocenters. The lowest BCUT2D eigenvalue weighted by Crippen LogP contribution is -2.29. The average Bonchev–Trinajstić information content (AvgIpc) is 3.50. The second kappa shape index (κ2) is 10.7. The van der Waals surface area contributed by atoms with Crippen molar-refractivity contribution >= 4 is 44.1 Å². The minimum absolute atomic E-state index is 0.0169. The zero-order valence-corrected chi connectivity index (χ0v) is 23.0. The Morgan fingerprint density at radius 1 is 1.05 bits per heavy atom. The van der Waals surface area contributed by atoms with E-state index in [1.54, 1.807) is 18.2 Å². The third kappa shape index (κ3) is 4.66. The van der Waals surface area contributed by atoms with Crippen molar-refractivity contribution in [1.29, 1.82) is 0 Å². The van der Waals surface area contributed by atoms with Crippen LogP contribution >= 0.6 is 11.3 Å². The molecule has 2 aliphatic heterocycles. The minimum atomic E-state index is -0.889. The van der Waals surface area contributed by atoms with Crippen LogP contribution in [0.4, 0.5) is 5.13 Å². The number of rotatable bonds is 7. The molecule has 1 amide bonds. The fraction of sp³-hybridized carbons (Fsp3) is 0.258. The second-order valence-corrected chi connectivity index (χ2v) is 10.8. The summed E-state index contributed by atoms with van der Waals surface area (Å²) in [5, 5.41) is 11.9. The van der Waals surface area contributed by atoms with Crippen molar-refractivity contribution in [2.45, 2.75) is 32.7 Å². The largest absolute Gasteiger partial charge is 0.507 e. The van der Waals surface area contributed by atoms with Gasteiger partial charge in [0.05, 0.1) is 28.4 Å². The summed E-state index contributed by atoms with van der Waals surface area (Å²) in [6, 6.07) is 17.2. The van der Waals surface area contributed by atoms with Gasteiger partial charge in [-0.2, -0.15) is 0 Å². The van der Waals surface area contributed by atoms with Gasteiger partial charge in [-0.05, 0) is 66.9 Å². The van der Waals surface area contributed by atoms with E-state index in [9.17, 15) is 14.7 Å². The summed E-state index contributed by atoms with van der Waals surface area (Å²) in [4.78, 5) is 33.2. The number of hydrogen-bond acceptors (Lipinski definition) is 8. The number of aliphatic hydroxyl groups excluding tert-OH is 1. The molecule has 1 fully saturated rings. The van der Waals surface area contributed by atoms with Crippen LogP contribution in [0.1, 0.15) is 42.5 Å². The molecule has 6 rings (SSSR count). The monoisotopic (exact) mass is 556 g/mol. The van der Waals surface area contributed by atoms with Gasteiger partial charge in [0.15, 0.2) is 16.6 Å². The van der Waals surface area contributed by atoms with Gasteiger partial charge in [-0.1, -0.05) is 42.9 Å². The SMILES string of the molecule is CCCCOc1ccc([C@H]2C(=C(O)c3ccc4c(c3)OCCO4)C(=O)C(=O)N2c2nc3ccc(C)cc3s2)cc1. The number of carbonyl (C=O) groups is 2. The number of aryl methyl sites for hydroxylation is 1. The molecule has 0 saturated carbocycles. The first-order valence-electron chi connectivity index (χ1n) is 13.3. The molecule has 3 aromatic carbocycles. The number of thiazole rings is 1. The van der Waals surface area contributed by atoms with Gasteiger partial charge in [0.25, 0.3) is 5.78 Å². The van der Waals surface area contributed by atoms with Gasteiger partial charge in [-0.25, -0.2) is 4.98 Å². The van der Waals surface area contributed by atoms with Crippen LogP contribution in [-0.2, 0) is 9.59 Å². The van der Waals surface area contributed by atoms with Crippen molar-refractivity contribution in [3.63, 3.8) is 0 Å². The lowest BCUT2D eigenvalue weighted by atomic mass is 9.95. The molecule has 1 saturated heterocycles. The molecule has 0 spiro atoms. The average molecular weight is 557 g/mol. The van der Waals surface area contributed by atoms with Crippen LogP contribution in [0.2, 0.25) is 0 Å². The summed E-state index contributed by atoms with van der Waals surface area (Å²) < 4.78 is 18.0. The molecular weight excluding hydrogens is 528 g/mol. The Hall–Kier alpha value is -4.37. The number of fused-ring (bicyclic) bond motifs is 2. The normalized spacial score (nSPS) is 17.9. The Kier molecular flexibility index (Phi) is 6.89. The highest BCUT2D eigenvalue weighted by molar-refractivity contribution is 7.22. The van der Waals surface area contributed by atoms with Crippen molar-refractivity contribution in [2.75, 3.05) is 24.7 Å². The van der Waals surface area contributed by atoms with Crippen LogP contribution in [0, 0.1) is 6.92 Å². The predicted octanol–water partition coefficient (Wildman–Crippen LogP) is 6.18. The van der Waals surface area contributed by atoms with Crippen LogP contribution in [-0.4, -0.2) is 41.6 Å². The fourth-order valence-corrected chi connectivity index (χ4v) is 5.99. The molecule has 40 heavy (non-hydrogen) atoms. The number of amides is 1. The zero-order chi connectivity index (χ0) is 27.8. The summed E-state index contributed by atoms with van der Waals surface area (Å²) >= 11 is 1.33.